The van der Waals surface area contributed by atoms with Gasteiger partial charge in [-0.05, 0) is 43.9 Å². The van der Waals surface area contributed by atoms with Crippen molar-refractivity contribution in [1.29, 1.82) is 0 Å². The van der Waals surface area contributed by atoms with Crippen LogP contribution in [0.5, 0.6) is 0 Å². The second-order valence-electron chi connectivity index (χ2n) is 7.31. The lowest BCUT2D eigenvalue weighted by Gasteiger charge is -2.36. The van der Waals surface area contributed by atoms with Gasteiger partial charge in [-0.2, -0.15) is 0 Å². The van der Waals surface area contributed by atoms with E-state index in [4.69, 9.17) is 0 Å². The van der Waals surface area contributed by atoms with Crippen LogP contribution in [0.25, 0.3) is 0 Å². The van der Waals surface area contributed by atoms with E-state index in [1.54, 1.807) is 0 Å². The highest BCUT2D eigenvalue weighted by Gasteiger charge is 2.25. The van der Waals surface area contributed by atoms with Crippen LogP contribution in [0.3, 0.4) is 0 Å². The average molecular weight is 330 g/mol. The molecule has 5 nitrogen and oxygen atoms in total. The molecule has 3 rings (SSSR count). The molecule has 2 saturated heterocycles. The summed E-state index contributed by atoms with van der Waals surface area (Å²) in [5.74, 6) is 1.35. The van der Waals surface area contributed by atoms with Crippen molar-refractivity contribution in [2.75, 3.05) is 38.6 Å². The van der Waals surface area contributed by atoms with Crippen LogP contribution in [0.1, 0.15) is 44.1 Å². The number of nitrogens with zero attached hydrogens (tertiary/aromatic N) is 4. The molecule has 0 aromatic carbocycles. The first-order chi connectivity index (χ1) is 11.6. The Kier molecular flexibility index (Phi) is 5.72. The number of likely N-dealkylation sites (tertiary alicyclic amines) is 2. The summed E-state index contributed by atoms with van der Waals surface area (Å²) in [6, 6.07) is 4.88. The number of anilines is 1. The fraction of sp³-hybridized carbons (Fsp3) is 0.684. The van der Waals surface area contributed by atoms with Gasteiger partial charge >= 0.3 is 0 Å². The summed E-state index contributed by atoms with van der Waals surface area (Å²) in [6.07, 6.45) is 8.75. The van der Waals surface area contributed by atoms with Crippen LogP contribution in [0.15, 0.2) is 18.3 Å². The fourth-order valence-electron chi connectivity index (χ4n) is 3.85. The molecular formula is C19H30N4O. The van der Waals surface area contributed by atoms with Gasteiger partial charge in [0.05, 0.1) is 0 Å². The molecule has 0 saturated carbocycles. The van der Waals surface area contributed by atoms with Crippen LogP contribution in [-0.4, -0.2) is 60.5 Å². The average Bonchev–Trinajstić information content (AvgIpc) is 3.00. The van der Waals surface area contributed by atoms with E-state index in [2.05, 4.69) is 26.9 Å². The van der Waals surface area contributed by atoms with E-state index in [1.807, 2.05) is 25.2 Å². The van der Waals surface area contributed by atoms with Crippen molar-refractivity contribution in [3.63, 3.8) is 0 Å². The highest BCUT2D eigenvalue weighted by Crippen LogP contribution is 2.23. The van der Waals surface area contributed by atoms with Gasteiger partial charge in [-0.25, -0.2) is 4.98 Å². The van der Waals surface area contributed by atoms with Gasteiger partial charge in [-0.15, -0.1) is 0 Å². The summed E-state index contributed by atoms with van der Waals surface area (Å²) in [5.41, 5.74) is 1.28. The molecule has 2 fully saturated rings. The second-order valence-corrected chi connectivity index (χ2v) is 7.31. The molecule has 0 unspecified atom stereocenters. The predicted octanol–water partition coefficient (Wildman–Crippen LogP) is 2.51. The lowest BCUT2D eigenvalue weighted by Crippen LogP contribution is -2.41. The normalized spacial score (nSPS) is 22.2. The number of carbonyl (C=O) groups excluding carboxylic acids is 1. The molecule has 2 aliphatic heterocycles. The highest BCUT2D eigenvalue weighted by atomic mass is 16.2. The summed E-state index contributed by atoms with van der Waals surface area (Å²) in [7, 11) is 4.03. The second kappa shape index (κ2) is 7.97. The molecule has 24 heavy (non-hydrogen) atoms. The molecule has 0 spiro atoms. The third-order valence-electron chi connectivity index (χ3n) is 5.31. The minimum Gasteiger partial charge on any atom is -0.363 e. The highest BCUT2D eigenvalue weighted by molar-refractivity contribution is 5.78. The van der Waals surface area contributed by atoms with E-state index in [9.17, 15) is 4.79 Å². The standard InChI is InChI=1S/C19H30N4O/c1-21(2)18-9-8-16(14-20-18)15-23-11-4-3-6-17(23)10-13-22-12-5-7-19(22)24/h8-9,14,17H,3-7,10-13,15H2,1-2H3/t17-/m0/s1. The minimum absolute atomic E-state index is 0.348. The van der Waals surface area contributed by atoms with Crippen LogP contribution in [0.2, 0.25) is 0 Å². The maximum atomic E-state index is 11.8. The van der Waals surface area contributed by atoms with E-state index in [0.717, 1.165) is 51.3 Å². The van der Waals surface area contributed by atoms with Gasteiger partial charge in [0, 0.05) is 52.4 Å². The Morgan fingerprint density at radius 2 is 2.08 bits per heavy atom. The van der Waals surface area contributed by atoms with Gasteiger partial charge < -0.3 is 9.80 Å². The fourth-order valence-corrected chi connectivity index (χ4v) is 3.85. The van der Waals surface area contributed by atoms with Crippen molar-refractivity contribution in [2.24, 2.45) is 0 Å². The Labute approximate surface area is 145 Å². The zero-order valence-corrected chi connectivity index (χ0v) is 15.1. The molecule has 1 amide bonds. The smallest absolute Gasteiger partial charge is 0.222 e. The van der Waals surface area contributed by atoms with Crippen molar-refractivity contribution in [3.8, 4) is 0 Å². The van der Waals surface area contributed by atoms with Gasteiger partial charge in [0.1, 0.15) is 5.82 Å². The van der Waals surface area contributed by atoms with Gasteiger partial charge in [0.25, 0.3) is 0 Å². The van der Waals surface area contributed by atoms with E-state index in [1.165, 1.54) is 24.8 Å². The van der Waals surface area contributed by atoms with Crippen LogP contribution < -0.4 is 4.90 Å². The minimum atomic E-state index is 0.348. The van der Waals surface area contributed by atoms with Crippen molar-refractivity contribution in [3.05, 3.63) is 23.9 Å². The first-order valence-corrected chi connectivity index (χ1v) is 9.27. The molecule has 1 atom stereocenters. The summed E-state index contributed by atoms with van der Waals surface area (Å²) < 4.78 is 0. The zero-order chi connectivity index (χ0) is 16.9. The van der Waals surface area contributed by atoms with Crippen LogP contribution in [0.4, 0.5) is 5.82 Å². The molecule has 1 aromatic rings. The number of piperidine rings is 1. The Morgan fingerprint density at radius 3 is 2.75 bits per heavy atom. The van der Waals surface area contributed by atoms with Gasteiger partial charge in [-0.3, -0.25) is 9.69 Å². The quantitative estimate of drug-likeness (QED) is 0.803. The van der Waals surface area contributed by atoms with Crippen molar-refractivity contribution < 1.29 is 4.79 Å². The third-order valence-corrected chi connectivity index (χ3v) is 5.31. The van der Waals surface area contributed by atoms with Gasteiger partial charge in [-0.1, -0.05) is 12.5 Å². The van der Waals surface area contributed by atoms with Crippen LogP contribution in [0, 0.1) is 0 Å². The number of amides is 1. The Morgan fingerprint density at radius 1 is 1.21 bits per heavy atom. The van der Waals surface area contributed by atoms with Crippen molar-refractivity contribution in [1.82, 2.24) is 14.8 Å². The zero-order valence-electron chi connectivity index (χ0n) is 15.1. The SMILES string of the molecule is CN(C)c1ccc(CN2CCCC[C@H]2CCN2CCCC2=O)cn1. The van der Waals surface area contributed by atoms with E-state index in [-0.39, 0.29) is 0 Å². The van der Waals surface area contributed by atoms with Crippen LogP contribution >= 0.6 is 0 Å². The molecule has 0 aliphatic carbocycles. The number of hydrogen-bond donors (Lipinski definition) is 0. The van der Waals surface area contributed by atoms with E-state index in [0.29, 0.717) is 11.9 Å². The summed E-state index contributed by atoms with van der Waals surface area (Å²) in [5, 5.41) is 0. The molecule has 2 aliphatic rings. The number of rotatable bonds is 6. The summed E-state index contributed by atoms with van der Waals surface area (Å²) >= 11 is 0. The van der Waals surface area contributed by atoms with Gasteiger partial charge in [0.15, 0.2) is 0 Å². The lowest BCUT2D eigenvalue weighted by atomic mass is 9.98. The Bertz CT molecular complexity index is 543. The predicted molar refractivity (Wildman–Crippen MR) is 97.0 cm³/mol. The number of hydrogen-bond acceptors (Lipinski definition) is 4. The summed E-state index contributed by atoms with van der Waals surface area (Å²) in [4.78, 5) is 23.0. The lowest BCUT2D eigenvalue weighted by molar-refractivity contribution is -0.127. The summed E-state index contributed by atoms with van der Waals surface area (Å²) in [6.45, 7) is 4.02. The molecule has 5 heteroatoms. The number of pyridine rings is 1. The van der Waals surface area contributed by atoms with Gasteiger partial charge in [0.2, 0.25) is 5.91 Å². The number of carbonyl (C=O) groups is 1. The Hall–Kier alpha value is -1.62. The molecule has 0 radical (unpaired) electrons. The third kappa shape index (κ3) is 4.26. The Balaban J connectivity index is 1.56. The monoisotopic (exact) mass is 330 g/mol. The molecule has 0 N–H and O–H groups in total. The molecule has 1 aromatic heterocycles. The van der Waals surface area contributed by atoms with Crippen molar-refractivity contribution >= 4 is 11.7 Å². The first kappa shape index (κ1) is 17.2. The molecule has 132 valence electrons. The molecule has 0 bridgehead atoms. The first-order valence-electron chi connectivity index (χ1n) is 9.27. The maximum absolute atomic E-state index is 11.8. The van der Waals surface area contributed by atoms with Crippen molar-refractivity contribution in [2.45, 2.75) is 51.1 Å². The van der Waals surface area contributed by atoms with E-state index >= 15 is 0 Å². The molecular weight excluding hydrogens is 300 g/mol. The van der Waals surface area contributed by atoms with Crippen LogP contribution in [-0.2, 0) is 11.3 Å². The van der Waals surface area contributed by atoms with E-state index < -0.39 is 0 Å². The molecule has 3 heterocycles. The number of aromatic nitrogens is 1. The topological polar surface area (TPSA) is 39.7 Å². The maximum Gasteiger partial charge on any atom is 0.222 e. The largest absolute Gasteiger partial charge is 0.363 e.